The summed E-state index contributed by atoms with van der Waals surface area (Å²) in [4.78, 5) is 0. The molecule has 0 rings (SSSR count). The lowest BCUT2D eigenvalue weighted by molar-refractivity contribution is -0.325. The maximum atomic E-state index is 9.40. The third kappa shape index (κ3) is 33.9. The topological polar surface area (TPSA) is 182 Å². The van der Waals surface area contributed by atoms with Gasteiger partial charge in [-0.2, -0.15) is 0 Å². The first kappa shape index (κ1) is 18.5. The molecule has 0 aliphatic rings. The molecule has 0 saturated carbocycles. The average molecular weight is 239 g/mol. The number of nitrogens with one attached hydrogen (secondary N) is 1. The lowest BCUT2D eigenvalue weighted by atomic mass is 11.6. The molecule has 0 amide bonds. The minimum absolute atomic E-state index is 0.292. The van der Waals surface area contributed by atoms with Gasteiger partial charge in [0.05, 0.1) is 14.1 Å². The molecule has 11 heteroatoms. The van der Waals surface area contributed by atoms with Gasteiger partial charge in [0.1, 0.15) is 0 Å². The highest BCUT2D eigenvalue weighted by molar-refractivity contribution is 7.99. The Balaban J connectivity index is -0.000000218. The van der Waals surface area contributed by atoms with Crippen LogP contribution >= 0.6 is 0 Å². The Morgan fingerprint density at radius 3 is 1.00 bits per heavy atom. The lowest BCUT2D eigenvalue weighted by Gasteiger charge is -2.10. The van der Waals surface area contributed by atoms with Crippen LogP contribution in [0.1, 0.15) is 0 Å². The highest BCUT2D eigenvalue weighted by Crippen LogP contribution is 1.77. The summed E-state index contributed by atoms with van der Waals surface area (Å²) in [6.45, 7) is 0. The monoisotopic (exact) mass is 239 g/mol. The minimum atomic E-state index is -5.18. The Morgan fingerprint density at radius 2 is 1.00 bits per heavy atom. The van der Waals surface area contributed by atoms with Gasteiger partial charge in [-0.3, -0.25) is 0 Å². The maximum Gasteiger partial charge on any atom is 0.171 e. The van der Waals surface area contributed by atoms with Crippen molar-refractivity contribution in [2.45, 2.75) is 0 Å². The van der Waals surface area contributed by atoms with Crippen LogP contribution in [0, 0.1) is 0 Å². The summed E-state index contributed by atoms with van der Waals surface area (Å²) in [7, 11) is -6.86. The highest BCUT2D eigenvalue weighted by atomic mass is 32.3. The van der Waals surface area contributed by atoms with E-state index < -0.39 is 20.6 Å². The lowest BCUT2D eigenvalue weighted by Crippen LogP contribution is -2.40. The molecule has 84 valence electrons. The van der Waals surface area contributed by atoms with Crippen LogP contribution in [0.4, 0.5) is 0 Å². The number of quaternary nitrogens is 2. The second-order valence-electron chi connectivity index (χ2n) is 0.992. The molecule has 0 atom stereocenters. The fourth-order valence-corrected chi connectivity index (χ4v) is 1.12. The van der Waals surface area contributed by atoms with Crippen molar-refractivity contribution in [3.05, 3.63) is 0 Å². The third-order valence-corrected chi connectivity index (χ3v) is 1.84. The van der Waals surface area contributed by atoms with Gasteiger partial charge in [-0.05, 0) is 0 Å². The Hall–Kier alpha value is -0.300. The second-order valence-corrected chi connectivity index (χ2v) is 3.47. The van der Waals surface area contributed by atoms with E-state index in [9.17, 15) is 25.9 Å². The van der Waals surface area contributed by atoms with E-state index >= 15 is 0 Å². The zero-order chi connectivity index (χ0) is 11.7. The standard InChI is InChI=1S/2CH5N.H3NO6S2/c2*1-2;2-8(3,4)1-9(5,6)7/h2*2H2,1H3;1H,(H,2,3,4)(H,5,6,7). The first-order valence-electron chi connectivity index (χ1n) is 2.82. The van der Waals surface area contributed by atoms with Crippen molar-refractivity contribution < 1.29 is 37.4 Å². The van der Waals surface area contributed by atoms with Crippen LogP contribution in [0.25, 0.3) is 0 Å². The molecule has 0 aliphatic heterocycles. The van der Waals surface area contributed by atoms with Gasteiger partial charge in [0.15, 0.2) is 20.6 Å². The molecule has 0 saturated heterocycles. The molecule has 0 aromatic carbocycles. The summed E-state index contributed by atoms with van der Waals surface area (Å²) in [5.41, 5.74) is 6.50. The van der Waals surface area contributed by atoms with E-state index in [0.717, 1.165) is 0 Å². The van der Waals surface area contributed by atoms with Gasteiger partial charge in [-0.15, -0.1) is 4.13 Å². The van der Waals surface area contributed by atoms with Gasteiger partial charge in [0.2, 0.25) is 0 Å². The normalized spacial score (nSPS) is 10.3. The first-order valence-corrected chi connectivity index (χ1v) is 5.64. The van der Waals surface area contributed by atoms with Crippen LogP contribution in [0.3, 0.4) is 0 Å². The summed E-state index contributed by atoms with van der Waals surface area (Å²) >= 11 is 0. The van der Waals surface area contributed by atoms with Crippen LogP contribution in [-0.4, -0.2) is 40.0 Å². The van der Waals surface area contributed by atoms with E-state index in [-0.39, 0.29) is 0 Å². The largest absolute Gasteiger partial charge is 0.735 e. The van der Waals surface area contributed by atoms with E-state index in [1.54, 1.807) is 14.1 Å². The van der Waals surface area contributed by atoms with Gasteiger partial charge in [0.25, 0.3) is 0 Å². The van der Waals surface area contributed by atoms with Gasteiger partial charge in [-0.25, -0.2) is 16.8 Å². The van der Waals surface area contributed by atoms with Crippen LogP contribution in [0.2, 0.25) is 0 Å². The molecule has 0 aromatic heterocycles. The molecule has 0 spiro atoms. The van der Waals surface area contributed by atoms with Gasteiger partial charge < -0.3 is 20.6 Å². The van der Waals surface area contributed by atoms with E-state index in [1.807, 2.05) is 0 Å². The Labute approximate surface area is 76.9 Å². The minimum Gasteiger partial charge on any atom is -0.735 e. The molecule has 0 unspecified atom stereocenters. The van der Waals surface area contributed by atoms with Crippen molar-refractivity contribution in [1.82, 2.24) is 4.13 Å². The zero-order valence-corrected chi connectivity index (χ0v) is 8.81. The molecule has 0 heterocycles. The summed E-state index contributed by atoms with van der Waals surface area (Å²) in [6, 6.07) is 0. The first-order chi connectivity index (χ1) is 5.71. The fourth-order valence-electron chi connectivity index (χ4n) is 0.125. The number of rotatable bonds is 2. The predicted octanol–water partition coefficient (Wildman–Crippen LogP) is -4.79. The third-order valence-electron chi connectivity index (χ3n) is 0.204. The molecule has 0 bridgehead atoms. The van der Waals surface area contributed by atoms with Crippen LogP contribution in [0.5, 0.6) is 0 Å². The molecule has 13 heavy (non-hydrogen) atoms. The van der Waals surface area contributed by atoms with Crippen LogP contribution in [0.15, 0.2) is 0 Å². The van der Waals surface area contributed by atoms with Crippen molar-refractivity contribution in [2.24, 2.45) is 0 Å². The highest BCUT2D eigenvalue weighted by Gasteiger charge is 1.96. The molecule has 7 N–H and O–H groups in total. The van der Waals surface area contributed by atoms with Crippen molar-refractivity contribution >= 4 is 20.6 Å². The van der Waals surface area contributed by atoms with Crippen molar-refractivity contribution in [3.8, 4) is 0 Å². The SMILES string of the molecule is C[NH3+].C[NH3+].O=S(=O)([O-])NS(=O)(=O)[O-]. The quantitative estimate of drug-likeness (QED) is 0.406. The van der Waals surface area contributed by atoms with Gasteiger partial charge in [0, 0.05) is 0 Å². The molecule has 0 aliphatic carbocycles. The van der Waals surface area contributed by atoms with E-state index in [0.29, 0.717) is 4.13 Å². The second kappa shape index (κ2) is 8.31. The Morgan fingerprint density at radius 1 is 0.846 bits per heavy atom. The Bertz CT molecular complexity index is 249. The zero-order valence-electron chi connectivity index (χ0n) is 7.18. The van der Waals surface area contributed by atoms with E-state index in [2.05, 4.69) is 11.5 Å². The van der Waals surface area contributed by atoms with E-state index in [4.69, 9.17) is 0 Å². The average Bonchev–Trinajstić information content (AvgIpc) is 1.88. The van der Waals surface area contributed by atoms with Gasteiger partial charge >= 0.3 is 0 Å². The maximum absolute atomic E-state index is 9.40. The smallest absolute Gasteiger partial charge is 0.171 e. The van der Waals surface area contributed by atoms with Crippen molar-refractivity contribution in [2.75, 3.05) is 14.1 Å². The summed E-state index contributed by atoms with van der Waals surface area (Å²) in [5, 5.41) is 0. The van der Waals surface area contributed by atoms with Gasteiger partial charge in [-0.1, -0.05) is 0 Å². The van der Waals surface area contributed by atoms with E-state index in [1.165, 1.54) is 0 Å². The summed E-state index contributed by atoms with van der Waals surface area (Å²) in [5.74, 6) is 0. The molecule has 9 nitrogen and oxygen atoms in total. The van der Waals surface area contributed by atoms with Crippen LogP contribution < -0.4 is 15.6 Å². The molecular weight excluding hydrogens is 226 g/mol. The molecule has 0 aromatic rings. The molecule has 0 fully saturated rings. The summed E-state index contributed by atoms with van der Waals surface area (Å²) < 4.78 is 56.7. The van der Waals surface area contributed by atoms with Crippen molar-refractivity contribution in [1.29, 1.82) is 0 Å². The molecular formula is C2H13N3O6S2. The summed E-state index contributed by atoms with van der Waals surface area (Å²) in [6.07, 6.45) is 0. The molecule has 0 radical (unpaired) electrons. The Kier molecular flexibility index (Phi) is 11.8. The van der Waals surface area contributed by atoms with Crippen molar-refractivity contribution in [3.63, 3.8) is 0 Å². The fraction of sp³-hybridized carbons (Fsp3) is 1.00. The van der Waals surface area contributed by atoms with Crippen LogP contribution in [-0.2, 0) is 20.6 Å². The number of hydrogen-bond donors (Lipinski definition) is 3. The predicted molar refractivity (Wildman–Crippen MR) is 40.2 cm³/mol. The number of hydrogen-bond acceptors (Lipinski definition) is 6.